The zero-order valence-electron chi connectivity index (χ0n) is 8.47. The van der Waals surface area contributed by atoms with Crippen molar-refractivity contribution in [2.75, 3.05) is 0 Å². The lowest BCUT2D eigenvalue weighted by molar-refractivity contribution is 0.233. The van der Waals surface area contributed by atoms with E-state index in [-0.39, 0.29) is 17.6 Å². The number of alkyl halides is 3. The largest absolute Gasteiger partial charge is 0.343 e. The number of halogens is 3. The summed E-state index contributed by atoms with van der Waals surface area (Å²) in [5.74, 6) is 0. The molecule has 4 nitrogen and oxygen atoms in total. The zero-order chi connectivity index (χ0) is 11.9. The molecular formula is C7H12Cl3N3OS. The number of hydrogen-bond acceptors (Lipinski definition) is 3. The van der Waals surface area contributed by atoms with E-state index >= 15 is 0 Å². The smallest absolute Gasteiger partial charge is 0.319 e. The number of carbonyl (C=O) groups excluding carboxylic acids is 1. The Morgan fingerprint density at radius 1 is 1.33 bits per heavy atom. The normalized spacial score (nSPS) is 23.2. The quantitative estimate of drug-likeness (QED) is 0.577. The number of amides is 2. The van der Waals surface area contributed by atoms with Gasteiger partial charge in [0.1, 0.15) is 6.17 Å². The molecule has 0 saturated carbocycles. The number of carbonyl (C=O) groups is 1. The van der Waals surface area contributed by atoms with Gasteiger partial charge in [-0.05, 0) is 5.41 Å². The van der Waals surface area contributed by atoms with Gasteiger partial charge in [0.05, 0.1) is 0 Å². The van der Waals surface area contributed by atoms with Crippen molar-refractivity contribution in [3.05, 3.63) is 0 Å². The van der Waals surface area contributed by atoms with Gasteiger partial charge in [-0.1, -0.05) is 55.6 Å². The summed E-state index contributed by atoms with van der Waals surface area (Å²) in [4.78, 5) is 11.5. The molecule has 0 aromatic carbocycles. The Morgan fingerprint density at radius 2 is 1.87 bits per heavy atom. The Morgan fingerprint density at radius 3 is 2.20 bits per heavy atom. The zero-order valence-corrected chi connectivity index (χ0v) is 11.6. The predicted molar refractivity (Wildman–Crippen MR) is 64.6 cm³/mol. The number of nitrogens with zero attached hydrogens (tertiary/aromatic N) is 1. The molecule has 88 valence electrons. The monoisotopic (exact) mass is 291 g/mol. The molecule has 0 radical (unpaired) electrons. The minimum Gasteiger partial charge on any atom is -0.319 e. The van der Waals surface area contributed by atoms with Crippen LogP contribution in [0.25, 0.3) is 0 Å². The summed E-state index contributed by atoms with van der Waals surface area (Å²) in [5, 5.41) is 2.75. The van der Waals surface area contributed by atoms with Crippen LogP contribution in [0.5, 0.6) is 0 Å². The second-order valence-electron chi connectivity index (χ2n) is 4.21. The van der Waals surface area contributed by atoms with Crippen LogP contribution >= 0.6 is 46.8 Å². The Hall–Kier alpha value is 0.450. The van der Waals surface area contributed by atoms with Gasteiger partial charge < -0.3 is 5.32 Å². The van der Waals surface area contributed by atoms with Gasteiger partial charge in [-0.3, -0.25) is 0 Å². The van der Waals surface area contributed by atoms with Gasteiger partial charge in [-0.2, -0.15) is 9.84 Å². The SMILES string of the molecule is CC(C)(C)C1NC(=O)N(SC(Cl)(Cl)Cl)N1. The van der Waals surface area contributed by atoms with E-state index in [0.29, 0.717) is 0 Å². The van der Waals surface area contributed by atoms with Crippen molar-refractivity contribution in [1.29, 1.82) is 0 Å². The van der Waals surface area contributed by atoms with E-state index in [0.717, 1.165) is 11.9 Å². The minimum absolute atomic E-state index is 0.113. The second kappa shape index (κ2) is 4.37. The van der Waals surface area contributed by atoms with Gasteiger partial charge in [-0.25, -0.2) is 4.79 Å². The van der Waals surface area contributed by atoms with Crippen molar-refractivity contribution in [2.45, 2.75) is 30.1 Å². The molecule has 1 fully saturated rings. The number of rotatable bonds is 1. The third-order valence-electron chi connectivity index (χ3n) is 1.76. The Bertz CT molecular complexity index is 263. The average Bonchev–Trinajstić information content (AvgIpc) is 2.27. The standard InChI is InChI=1S/C7H12Cl3N3OS/c1-6(2,3)4-11-5(14)13(12-4)15-7(8,9)10/h4,12H,1-3H3,(H,11,14). The van der Waals surface area contributed by atoms with Crippen LogP contribution in [0.15, 0.2) is 0 Å². The summed E-state index contributed by atoms with van der Waals surface area (Å²) in [6.45, 7) is 5.98. The van der Waals surface area contributed by atoms with Gasteiger partial charge in [0, 0.05) is 11.9 Å². The number of nitrogens with one attached hydrogen (secondary N) is 2. The molecule has 0 aromatic heterocycles. The van der Waals surface area contributed by atoms with E-state index in [1.165, 1.54) is 4.41 Å². The molecule has 0 aromatic rings. The molecule has 1 atom stereocenters. The van der Waals surface area contributed by atoms with Gasteiger partial charge in [-0.15, -0.1) is 0 Å². The minimum atomic E-state index is -1.56. The molecule has 1 rings (SSSR count). The lowest BCUT2D eigenvalue weighted by atomic mass is 9.93. The highest BCUT2D eigenvalue weighted by Gasteiger charge is 2.39. The molecule has 15 heavy (non-hydrogen) atoms. The van der Waals surface area contributed by atoms with Crippen LogP contribution in [0.4, 0.5) is 4.79 Å². The highest BCUT2D eigenvalue weighted by molar-refractivity contribution is 8.03. The molecule has 0 spiro atoms. The maximum Gasteiger partial charge on any atom is 0.343 e. The number of urea groups is 1. The first-order valence-corrected chi connectivity index (χ1v) is 6.13. The summed E-state index contributed by atoms with van der Waals surface area (Å²) >= 11 is 17.5. The Kier molecular flexibility index (Phi) is 3.94. The van der Waals surface area contributed by atoms with Gasteiger partial charge >= 0.3 is 6.03 Å². The highest BCUT2D eigenvalue weighted by atomic mass is 35.6. The molecular weight excluding hydrogens is 281 g/mol. The molecule has 1 saturated heterocycles. The van der Waals surface area contributed by atoms with Crippen LogP contribution < -0.4 is 10.7 Å². The average molecular weight is 293 g/mol. The molecule has 8 heteroatoms. The first kappa shape index (κ1) is 13.5. The van der Waals surface area contributed by atoms with Gasteiger partial charge in [0.2, 0.25) is 0 Å². The Labute approximate surface area is 108 Å². The molecule has 1 aliphatic rings. The highest BCUT2D eigenvalue weighted by Crippen LogP contribution is 2.41. The fourth-order valence-corrected chi connectivity index (χ4v) is 2.09. The third-order valence-corrected chi connectivity index (χ3v) is 3.04. The molecule has 2 amide bonds. The van der Waals surface area contributed by atoms with Crippen molar-refractivity contribution in [3.8, 4) is 0 Å². The van der Waals surface area contributed by atoms with Crippen LogP contribution in [0.1, 0.15) is 20.8 Å². The molecule has 1 aliphatic heterocycles. The summed E-state index contributed by atoms with van der Waals surface area (Å²) in [6, 6.07) is -0.314. The van der Waals surface area contributed by atoms with Crippen LogP contribution in [0, 0.1) is 5.41 Å². The number of hydrazine groups is 1. The fourth-order valence-electron chi connectivity index (χ4n) is 0.972. The summed E-state index contributed by atoms with van der Waals surface area (Å²) in [6.07, 6.45) is -0.176. The van der Waals surface area contributed by atoms with Crippen molar-refractivity contribution in [3.63, 3.8) is 0 Å². The van der Waals surface area contributed by atoms with E-state index in [1.54, 1.807) is 0 Å². The molecule has 0 aliphatic carbocycles. The van der Waals surface area contributed by atoms with Crippen molar-refractivity contribution < 1.29 is 4.79 Å². The predicted octanol–water partition coefficient (Wildman–Crippen LogP) is 2.86. The molecule has 1 unspecified atom stereocenters. The van der Waals surface area contributed by atoms with Crippen molar-refractivity contribution >= 4 is 52.8 Å². The lowest BCUT2D eigenvalue weighted by Gasteiger charge is -2.26. The Balaban J connectivity index is 2.62. The molecule has 2 N–H and O–H groups in total. The summed E-state index contributed by atoms with van der Waals surface area (Å²) in [5.41, 5.74) is 2.81. The van der Waals surface area contributed by atoms with E-state index in [9.17, 15) is 4.79 Å². The first-order valence-electron chi connectivity index (χ1n) is 4.22. The lowest BCUT2D eigenvalue weighted by Crippen LogP contribution is -2.44. The van der Waals surface area contributed by atoms with Crippen LogP contribution in [0.2, 0.25) is 0 Å². The molecule has 0 bridgehead atoms. The maximum atomic E-state index is 11.5. The topological polar surface area (TPSA) is 44.4 Å². The van der Waals surface area contributed by atoms with Crippen molar-refractivity contribution in [2.24, 2.45) is 5.41 Å². The van der Waals surface area contributed by atoms with Crippen LogP contribution in [0.3, 0.4) is 0 Å². The van der Waals surface area contributed by atoms with Gasteiger partial charge in [0.25, 0.3) is 3.12 Å². The second-order valence-corrected chi connectivity index (χ2v) is 8.32. The van der Waals surface area contributed by atoms with E-state index in [2.05, 4.69) is 10.7 Å². The van der Waals surface area contributed by atoms with Gasteiger partial charge in [0.15, 0.2) is 0 Å². The maximum absolute atomic E-state index is 11.5. The first-order chi connectivity index (χ1) is 6.59. The fraction of sp³-hybridized carbons (Fsp3) is 0.857. The van der Waals surface area contributed by atoms with Crippen molar-refractivity contribution in [1.82, 2.24) is 15.2 Å². The summed E-state index contributed by atoms with van der Waals surface area (Å²) in [7, 11) is 0. The van der Waals surface area contributed by atoms with E-state index in [1.807, 2.05) is 20.8 Å². The third kappa shape index (κ3) is 4.07. The summed E-state index contributed by atoms with van der Waals surface area (Å²) < 4.78 is -0.361. The number of hydrogen-bond donors (Lipinski definition) is 2. The van der Waals surface area contributed by atoms with Crippen LogP contribution in [-0.4, -0.2) is 19.7 Å². The molecule has 1 heterocycles. The van der Waals surface area contributed by atoms with Crippen LogP contribution in [-0.2, 0) is 0 Å². The van der Waals surface area contributed by atoms with E-state index in [4.69, 9.17) is 34.8 Å². The van der Waals surface area contributed by atoms with E-state index < -0.39 is 3.12 Å².